The Morgan fingerprint density at radius 2 is 1.53 bits per heavy atom. The summed E-state index contributed by atoms with van der Waals surface area (Å²) in [5.74, 6) is -0.757. The second kappa shape index (κ2) is 8.21. The number of nitrogens with zero attached hydrogens (tertiary/aromatic N) is 1. The molecule has 0 bridgehead atoms. The molecule has 176 valence electrons. The summed E-state index contributed by atoms with van der Waals surface area (Å²) < 4.78 is 74.2. The van der Waals surface area contributed by atoms with Crippen LogP contribution in [-0.2, 0) is 20.9 Å². The first-order chi connectivity index (χ1) is 15.9. The smallest absolute Gasteiger partial charge is 0.449 e. The summed E-state index contributed by atoms with van der Waals surface area (Å²) in [5.41, 5.74) is 0.0779. The first kappa shape index (κ1) is 23.4. The number of benzene rings is 3. The SMILES string of the molecule is Cc1cc(C)cc(C2=C(OC(=O)O)N(c3ccccc3C(F)(F)F)S(=O)(=O)c3ccccc32)c1. The van der Waals surface area contributed by atoms with Gasteiger partial charge in [0.05, 0.1) is 21.7 Å². The van der Waals surface area contributed by atoms with Gasteiger partial charge >= 0.3 is 12.3 Å². The van der Waals surface area contributed by atoms with Crippen LogP contribution >= 0.6 is 0 Å². The highest BCUT2D eigenvalue weighted by atomic mass is 32.2. The first-order valence-electron chi connectivity index (χ1n) is 9.96. The Bertz CT molecular complexity index is 1420. The second-order valence-electron chi connectivity index (χ2n) is 7.71. The molecular formula is C24H18F3NO5S. The number of carboxylic acid groups (broad SMARTS) is 1. The van der Waals surface area contributed by atoms with E-state index in [-0.39, 0.29) is 16.0 Å². The number of hydrogen-bond donors (Lipinski definition) is 1. The Morgan fingerprint density at radius 3 is 2.15 bits per heavy atom. The molecule has 4 rings (SSSR count). The van der Waals surface area contributed by atoms with Gasteiger partial charge in [0.1, 0.15) is 0 Å². The van der Waals surface area contributed by atoms with Crippen LogP contribution in [0.25, 0.3) is 5.57 Å². The highest BCUT2D eigenvalue weighted by molar-refractivity contribution is 7.93. The number of ether oxygens (including phenoxy) is 1. The maximum Gasteiger partial charge on any atom is 0.512 e. The van der Waals surface area contributed by atoms with Gasteiger partial charge in [0, 0.05) is 5.56 Å². The van der Waals surface area contributed by atoms with Crippen molar-refractivity contribution < 1.29 is 36.2 Å². The molecule has 0 saturated heterocycles. The summed E-state index contributed by atoms with van der Waals surface area (Å²) >= 11 is 0. The van der Waals surface area contributed by atoms with Crippen LogP contribution in [0.2, 0.25) is 0 Å². The van der Waals surface area contributed by atoms with Crippen molar-refractivity contribution in [2.75, 3.05) is 4.31 Å². The van der Waals surface area contributed by atoms with E-state index in [0.717, 1.165) is 29.3 Å². The zero-order valence-corrected chi connectivity index (χ0v) is 18.7. The molecule has 1 aliphatic heterocycles. The van der Waals surface area contributed by atoms with Crippen molar-refractivity contribution in [2.45, 2.75) is 24.9 Å². The summed E-state index contributed by atoms with van der Waals surface area (Å²) in [5, 5.41) is 9.45. The van der Waals surface area contributed by atoms with Crippen molar-refractivity contribution in [2.24, 2.45) is 0 Å². The highest BCUT2D eigenvalue weighted by Gasteiger charge is 2.44. The Hall–Kier alpha value is -3.79. The largest absolute Gasteiger partial charge is 0.512 e. The molecule has 10 heteroatoms. The van der Waals surface area contributed by atoms with Gasteiger partial charge in [-0.3, -0.25) is 0 Å². The van der Waals surface area contributed by atoms with Crippen molar-refractivity contribution in [3.63, 3.8) is 0 Å². The highest BCUT2D eigenvalue weighted by Crippen LogP contribution is 2.46. The Kier molecular flexibility index (Phi) is 5.64. The molecule has 0 fully saturated rings. The quantitative estimate of drug-likeness (QED) is 0.460. The van der Waals surface area contributed by atoms with E-state index >= 15 is 0 Å². The molecule has 3 aromatic carbocycles. The number of aryl methyl sites for hydroxylation is 2. The first-order valence-corrected chi connectivity index (χ1v) is 11.4. The zero-order chi connectivity index (χ0) is 24.8. The minimum Gasteiger partial charge on any atom is -0.449 e. The predicted molar refractivity (Wildman–Crippen MR) is 119 cm³/mol. The molecule has 0 unspecified atom stereocenters. The minimum atomic E-state index is -4.92. The lowest BCUT2D eigenvalue weighted by atomic mass is 9.94. The number of sulfonamides is 1. The predicted octanol–water partition coefficient (Wildman–Crippen LogP) is 5.94. The molecule has 3 aromatic rings. The van der Waals surface area contributed by atoms with E-state index in [4.69, 9.17) is 4.74 Å². The molecule has 1 N–H and O–H groups in total. The van der Waals surface area contributed by atoms with E-state index in [9.17, 15) is 31.5 Å². The summed E-state index contributed by atoms with van der Waals surface area (Å²) in [6, 6.07) is 14.9. The fourth-order valence-corrected chi connectivity index (χ4v) is 5.69. The van der Waals surface area contributed by atoms with Gasteiger partial charge in [0.2, 0.25) is 5.88 Å². The van der Waals surface area contributed by atoms with Gasteiger partial charge in [-0.15, -0.1) is 0 Å². The number of carbonyl (C=O) groups is 1. The van der Waals surface area contributed by atoms with Gasteiger partial charge < -0.3 is 9.84 Å². The lowest BCUT2D eigenvalue weighted by Crippen LogP contribution is -2.38. The van der Waals surface area contributed by atoms with E-state index in [2.05, 4.69) is 0 Å². The normalized spacial score (nSPS) is 15.1. The zero-order valence-electron chi connectivity index (χ0n) is 17.9. The molecule has 0 aliphatic carbocycles. The third-order valence-electron chi connectivity index (χ3n) is 5.20. The van der Waals surface area contributed by atoms with Crippen LogP contribution in [-0.4, -0.2) is 19.7 Å². The van der Waals surface area contributed by atoms with Crippen LogP contribution in [0.1, 0.15) is 27.8 Å². The number of alkyl halides is 3. The lowest BCUT2D eigenvalue weighted by molar-refractivity contribution is -0.137. The summed E-state index contributed by atoms with van der Waals surface area (Å²) in [6.45, 7) is 3.58. The molecule has 0 amide bonds. The summed E-state index contributed by atoms with van der Waals surface area (Å²) in [7, 11) is -4.69. The molecule has 6 nitrogen and oxygen atoms in total. The molecule has 1 heterocycles. The number of fused-ring (bicyclic) bond motifs is 1. The van der Waals surface area contributed by atoms with Crippen molar-refractivity contribution in [1.29, 1.82) is 0 Å². The van der Waals surface area contributed by atoms with E-state index in [1.165, 1.54) is 24.3 Å². The van der Waals surface area contributed by atoms with Crippen LogP contribution in [0, 0.1) is 13.8 Å². The summed E-state index contributed by atoms with van der Waals surface area (Å²) in [4.78, 5) is 11.4. The third kappa shape index (κ3) is 4.01. The van der Waals surface area contributed by atoms with E-state index < -0.39 is 39.5 Å². The van der Waals surface area contributed by atoms with Crippen molar-refractivity contribution >= 4 is 27.4 Å². The molecule has 0 aromatic heterocycles. The van der Waals surface area contributed by atoms with Gasteiger partial charge in [-0.25, -0.2) is 17.5 Å². The van der Waals surface area contributed by atoms with Crippen LogP contribution in [0.4, 0.5) is 23.7 Å². The van der Waals surface area contributed by atoms with Crippen LogP contribution in [0.5, 0.6) is 0 Å². The topological polar surface area (TPSA) is 83.9 Å². The number of anilines is 1. The Morgan fingerprint density at radius 1 is 0.941 bits per heavy atom. The molecule has 0 spiro atoms. The van der Waals surface area contributed by atoms with Crippen molar-refractivity contribution in [1.82, 2.24) is 0 Å². The number of rotatable bonds is 3. The van der Waals surface area contributed by atoms with Crippen molar-refractivity contribution in [3.8, 4) is 0 Å². The molecule has 34 heavy (non-hydrogen) atoms. The average molecular weight is 489 g/mol. The van der Waals surface area contributed by atoms with E-state index in [0.29, 0.717) is 9.87 Å². The third-order valence-corrected chi connectivity index (χ3v) is 6.95. The maximum atomic E-state index is 13.9. The van der Waals surface area contributed by atoms with Crippen LogP contribution in [0.15, 0.2) is 77.5 Å². The Labute approximate surface area is 193 Å². The second-order valence-corrected chi connectivity index (χ2v) is 9.46. The molecule has 0 radical (unpaired) electrons. The lowest BCUT2D eigenvalue weighted by Gasteiger charge is -2.34. The van der Waals surface area contributed by atoms with Gasteiger partial charge in [0.15, 0.2) is 0 Å². The number of hydrogen-bond acceptors (Lipinski definition) is 4. The Balaban J connectivity index is 2.18. The van der Waals surface area contributed by atoms with Crippen LogP contribution in [0.3, 0.4) is 0 Å². The fraction of sp³-hybridized carbons (Fsp3) is 0.125. The fourth-order valence-electron chi connectivity index (χ4n) is 4.02. The van der Waals surface area contributed by atoms with E-state index in [1.807, 2.05) is 6.07 Å². The summed E-state index contributed by atoms with van der Waals surface area (Å²) in [6.07, 6.45) is -6.79. The standard InChI is InChI=1S/C24H18F3NO5S/c1-14-11-15(2)13-16(12-14)21-17-7-3-6-10-20(17)34(31,32)28(22(21)33-23(29)30)19-9-5-4-8-18(19)24(25,26)27/h3-13H,1-2H3,(H,29,30). The maximum absolute atomic E-state index is 13.9. The van der Waals surface area contributed by atoms with Crippen molar-refractivity contribution in [3.05, 3.63) is 100 Å². The molecular weight excluding hydrogens is 471 g/mol. The van der Waals surface area contributed by atoms with E-state index in [1.54, 1.807) is 32.0 Å². The molecule has 0 atom stereocenters. The number of para-hydroxylation sites is 1. The molecule has 1 aliphatic rings. The molecule has 0 saturated carbocycles. The van der Waals surface area contributed by atoms with Gasteiger partial charge in [-0.1, -0.05) is 59.7 Å². The average Bonchev–Trinajstić information content (AvgIpc) is 2.72. The van der Waals surface area contributed by atoms with Gasteiger partial charge in [-0.2, -0.15) is 13.2 Å². The van der Waals surface area contributed by atoms with Gasteiger partial charge in [-0.05, 0) is 37.6 Å². The van der Waals surface area contributed by atoms with Crippen LogP contribution < -0.4 is 4.31 Å². The number of halogens is 3. The van der Waals surface area contributed by atoms with Gasteiger partial charge in [0.25, 0.3) is 10.0 Å². The minimum absolute atomic E-state index is 0.0385. The monoisotopic (exact) mass is 489 g/mol.